The molecule has 0 radical (unpaired) electrons. The third-order valence-electron chi connectivity index (χ3n) is 3.58. The molecule has 3 rings (SSSR count). The van der Waals surface area contributed by atoms with E-state index in [-0.39, 0.29) is 12.0 Å². The summed E-state index contributed by atoms with van der Waals surface area (Å²) < 4.78 is 5.31. The number of benzene rings is 1. The normalized spacial score (nSPS) is 21.3. The van der Waals surface area contributed by atoms with Crippen LogP contribution in [-0.2, 0) is 11.2 Å². The van der Waals surface area contributed by atoms with Crippen LogP contribution >= 0.6 is 0 Å². The van der Waals surface area contributed by atoms with Crippen molar-refractivity contribution in [3.8, 4) is 0 Å². The number of pyridine rings is 1. The SMILES string of the molecule is OC(Cc1ccc2ccccc2n1)C1CCOC1. The minimum absolute atomic E-state index is 0.262. The van der Waals surface area contributed by atoms with Crippen LogP contribution in [0.3, 0.4) is 0 Å². The van der Waals surface area contributed by atoms with E-state index in [4.69, 9.17) is 4.74 Å². The van der Waals surface area contributed by atoms with E-state index in [1.54, 1.807) is 0 Å². The number of aliphatic hydroxyl groups excluding tert-OH is 1. The van der Waals surface area contributed by atoms with Gasteiger partial charge in [-0.1, -0.05) is 24.3 Å². The fourth-order valence-electron chi connectivity index (χ4n) is 2.46. The fourth-order valence-corrected chi connectivity index (χ4v) is 2.46. The predicted molar refractivity (Wildman–Crippen MR) is 70.4 cm³/mol. The van der Waals surface area contributed by atoms with Crippen molar-refractivity contribution in [3.63, 3.8) is 0 Å². The molecule has 2 heterocycles. The van der Waals surface area contributed by atoms with Crippen LogP contribution in [-0.4, -0.2) is 29.4 Å². The third-order valence-corrected chi connectivity index (χ3v) is 3.58. The number of rotatable bonds is 3. The Labute approximate surface area is 106 Å². The molecule has 1 aromatic carbocycles. The van der Waals surface area contributed by atoms with Crippen LogP contribution in [0.5, 0.6) is 0 Å². The van der Waals surface area contributed by atoms with Gasteiger partial charge in [0.05, 0.1) is 18.2 Å². The van der Waals surface area contributed by atoms with Crippen LogP contribution in [0.15, 0.2) is 36.4 Å². The Balaban J connectivity index is 1.77. The van der Waals surface area contributed by atoms with Crippen LogP contribution in [0.1, 0.15) is 12.1 Å². The van der Waals surface area contributed by atoms with Crippen molar-refractivity contribution in [2.45, 2.75) is 18.9 Å². The van der Waals surface area contributed by atoms with E-state index in [0.717, 1.165) is 29.6 Å². The molecule has 1 saturated heterocycles. The Bertz CT molecular complexity index is 535. The first-order valence-corrected chi connectivity index (χ1v) is 6.43. The number of hydrogen-bond acceptors (Lipinski definition) is 3. The number of hydrogen-bond donors (Lipinski definition) is 1. The van der Waals surface area contributed by atoms with Crippen LogP contribution in [0.2, 0.25) is 0 Å². The van der Waals surface area contributed by atoms with E-state index in [9.17, 15) is 5.11 Å². The molecule has 1 aromatic heterocycles. The summed E-state index contributed by atoms with van der Waals surface area (Å²) in [6.45, 7) is 1.45. The second kappa shape index (κ2) is 5.04. The fraction of sp³-hybridized carbons (Fsp3) is 0.400. The molecule has 0 spiro atoms. The van der Waals surface area contributed by atoms with E-state index in [2.05, 4.69) is 11.1 Å². The van der Waals surface area contributed by atoms with Crippen molar-refractivity contribution in [3.05, 3.63) is 42.1 Å². The molecular formula is C15H17NO2. The topological polar surface area (TPSA) is 42.4 Å². The Kier molecular flexibility index (Phi) is 3.26. The van der Waals surface area contributed by atoms with Crippen molar-refractivity contribution in [1.29, 1.82) is 0 Å². The number of aliphatic hydroxyl groups is 1. The number of para-hydroxylation sites is 1. The lowest BCUT2D eigenvalue weighted by Crippen LogP contribution is -2.23. The molecule has 2 aromatic rings. The van der Waals surface area contributed by atoms with Gasteiger partial charge in [-0.15, -0.1) is 0 Å². The van der Waals surface area contributed by atoms with Crippen molar-refractivity contribution >= 4 is 10.9 Å². The van der Waals surface area contributed by atoms with Gasteiger partial charge >= 0.3 is 0 Å². The summed E-state index contributed by atoms with van der Waals surface area (Å²) in [4.78, 5) is 4.59. The maximum absolute atomic E-state index is 10.2. The summed E-state index contributed by atoms with van der Waals surface area (Å²) in [6, 6.07) is 12.1. The van der Waals surface area contributed by atoms with Gasteiger partial charge < -0.3 is 9.84 Å². The Morgan fingerprint density at radius 1 is 1.28 bits per heavy atom. The molecule has 2 unspecified atom stereocenters. The van der Waals surface area contributed by atoms with Crippen LogP contribution in [0.4, 0.5) is 0 Å². The molecule has 1 aliphatic rings. The number of fused-ring (bicyclic) bond motifs is 1. The predicted octanol–water partition coefficient (Wildman–Crippen LogP) is 2.17. The lowest BCUT2D eigenvalue weighted by molar-refractivity contribution is 0.0912. The Morgan fingerprint density at radius 2 is 2.17 bits per heavy atom. The zero-order valence-electron chi connectivity index (χ0n) is 10.2. The second-order valence-electron chi connectivity index (χ2n) is 4.89. The summed E-state index contributed by atoms with van der Waals surface area (Å²) in [6.07, 6.45) is 1.22. The average molecular weight is 243 g/mol. The molecule has 0 saturated carbocycles. The number of ether oxygens (including phenoxy) is 1. The molecule has 0 bridgehead atoms. The van der Waals surface area contributed by atoms with Gasteiger partial charge in [0.1, 0.15) is 0 Å². The average Bonchev–Trinajstić information content (AvgIpc) is 2.92. The summed E-state index contributed by atoms with van der Waals surface area (Å²) in [5.41, 5.74) is 1.94. The maximum Gasteiger partial charge on any atom is 0.0705 e. The van der Waals surface area contributed by atoms with Gasteiger partial charge in [0.2, 0.25) is 0 Å². The summed E-state index contributed by atoms with van der Waals surface area (Å²) in [5, 5.41) is 11.3. The van der Waals surface area contributed by atoms with Crippen molar-refractivity contribution < 1.29 is 9.84 Å². The van der Waals surface area contributed by atoms with E-state index >= 15 is 0 Å². The molecule has 1 aliphatic heterocycles. The molecule has 3 nitrogen and oxygen atoms in total. The molecule has 18 heavy (non-hydrogen) atoms. The number of aromatic nitrogens is 1. The van der Waals surface area contributed by atoms with Crippen LogP contribution < -0.4 is 0 Å². The lowest BCUT2D eigenvalue weighted by Gasteiger charge is -2.15. The number of nitrogens with zero attached hydrogens (tertiary/aromatic N) is 1. The Hall–Kier alpha value is -1.45. The maximum atomic E-state index is 10.2. The van der Waals surface area contributed by atoms with Gasteiger partial charge in [-0.05, 0) is 18.6 Å². The van der Waals surface area contributed by atoms with E-state index in [1.165, 1.54) is 0 Å². The van der Waals surface area contributed by atoms with E-state index < -0.39 is 0 Å². The van der Waals surface area contributed by atoms with Gasteiger partial charge in [0, 0.05) is 30.0 Å². The van der Waals surface area contributed by atoms with Crippen molar-refractivity contribution in [2.75, 3.05) is 13.2 Å². The molecular weight excluding hydrogens is 226 g/mol. The minimum atomic E-state index is -0.346. The third kappa shape index (κ3) is 2.37. The molecule has 0 aliphatic carbocycles. The first-order valence-electron chi connectivity index (χ1n) is 6.43. The van der Waals surface area contributed by atoms with E-state index in [1.807, 2.05) is 30.3 Å². The smallest absolute Gasteiger partial charge is 0.0705 e. The lowest BCUT2D eigenvalue weighted by atomic mass is 9.97. The van der Waals surface area contributed by atoms with Crippen LogP contribution in [0.25, 0.3) is 10.9 Å². The zero-order chi connectivity index (χ0) is 12.4. The molecule has 3 heteroatoms. The first kappa shape index (κ1) is 11.6. The van der Waals surface area contributed by atoms with Crippen molar-refractivity contribution in [1.82, 2.24) is 4.98 Å². The molecule has 0 amide bonds. The van der Waals surface area contributed by atoms with Crippen molar-refractivity contribution in [2.24, 2.45) is 5.92 Å². The molecule has 1 N–H and O–H groups in total. The van der Waals surface area contributed by atoms with Gasteiger partial charge in [-0.3, -0.25) is 4.98 Å². The zero-order valence-corrected chi connectivity index (χ0v) is 10.2. The highest BCUT2D eigenvalue weighted by Gasteiger charge is 2.24. The van der Waals surface area contributed by atoms with Crippen LogP contribution in [0, 0.1) is 5.92 Å². The largest absolute Gasteiger partial charge is 0.392 e. The van der Waals surface area contributed by atoms with Gasteiger partial charge in [0.25, 0.3) is 0 Å². The van der Waals surface area contributed by atoms with Gasteiger partial charge in [-0.25, -0.2) is 0 Å². The highest BCUT2D eigenvalue weighted by molar-refractivity contribution is 5.78. The summed E-state index contributed by atoms with van der Waals surface area (Å²) in [5.74, 6) is 0.262. The quantitative estimate of drug-likeness (QED) is 0.898. The minimum Gasteiger partial charge on any atom is -0.392 e. The first-order chi connectivity index (χ1) is 8.83. The standard InChI is InChI=1S/C15H17NO2/c17-15(12-7-8-18-10-12)9-13-6-5-11-3-1-2-4-14(11)16-13/h1-6,12,15,17H,7-10H2. The molecule has 94 valence electrons. The van der Waals surface area contributed by atoms with Gasteiger partial charge in [-0.2, -0.15) is 0 Å². The van der Waals surface area contributed by atoms with E-state index in [0.29, 0.717) is 13.0 Å². The summed E-state index contributed by atoms with van der Waals surface area (Å²) in [7, 11) is 0. The highest BCUT2D eigenvalue weighted by Crippen LogP contribution is 2.20. The Morgan fingerprint density at radius 3 is 3.00 bits per heavy atom. The monoisotopic (exact) mass is 243 g/mol. The highest BCUT2D eigenvalue weighted by atomic mass is 16.5. The second-order valence-corrected chi connectivity index (χ2v) is 4.89. The molecule has 2 atom stereocenters. The summed E-state index contributed by atoms with van der Waals surface area (Å²) >= 11 is 0. The van der Waals surface area contributed by atoms with Gasteiger partial charge in [0.15, 0.2) is 0 Å². The molecule has 1 fully saturated rings.